The Hall–Kier alpha value is -1.13. The first-order valence-electron chi connectivity index (χ1n) is 4.74. The molecule has 4 heteroatoms. The Morgan fingerprint density at radius 3 is 2.73 bits per heavy atom. The monoisotopic (exact) mass is 265 g/mol. The van der Waals surface area contributed by atoms with Gasteiger partial charge in [0.2, 0.25) is 0 Å². The molecule has 1 aromatic heterocycles. The molecular weight excluding hydrogens is 254 g/mol. The van der Waals surface area contributed by atoms with Crippen molar-refractivity contribution in [1.82, 2.24) is 10.2 Å². The minimum Gasteiger partial charge on any atom is -0.323 e. The zero-order chi connectivity index (χ0) is 10.8. The van der Waals surface area contributed by atoms with Crippen molar-refractivity contribution in [1.29, 1.82) is 0 Å². The first-order valence-corrected chi connectivity index (χ1v) is 5.53. The quantitative estimate of drug-likeness (QED) is 0.878. The second-order valence-electron chi connectivity index (χ2n) is 3.48. The number of H-pyrrole nitrogens is 1. The number of hydrogen-bond acceptors (Lipinski definition) is 2. The molecule has 1 aromatic carbocycles. The largest absolute Gasteiger partial charge is 0.323 e. The third-order valence-corrected chi connectivity index (χ3v) is 2.93. The fourth-order valence-electron chi connectivity index (χ4n) is 1.38. The van der Waals surface area contributed by atoms with Gasteiger partial charge in [-0.05, 0) is 19.1 Å². The molecular formula is C11H12BrN3. The predicted molar refractivity (Wildman–Crippen MR) is 64.3 cm³/mol. The first-order chi connectivity index (χ1) is 7.18. The van der Waals surface area contributed by atoms with Crippen LogP contribution in [-0.2, 0) is 0 Å². The van der Waals surface area contributed by atoms with Crippen LogP contribution in [0.2, 0.25) is 0 Å². The van der Waals surface area contributed by atoms with Crippen LogP contribution in [0.4, 0.5) is 0 Å². The lowest BCUT2D eigenvalue weighted by Gasteiger charge is -1.99. The molecule has 0 unspecified atom stereocenters. The van der Waals surface area contributed by atoms with Crippen LogP contribution < -0.4 is 5.73 Å². The molecule has 78 valence electrons. The van der Waals surface area contributed by atoms with Crippen molar-refractivity contribution in [2.75, 3.05) is 0 Å². The van der Waals surface area contributed by atoms with Crippen LogP contribution in [0.25, 0.3) is 11.3 Å². The highest BCUT2D eigenvalue weighted by Gasteiger charge is 2.08. The van der Waals surface area contributed by atoms with E-state index in [9.17, 15) is 0 Å². The zero-order valence-electron chi connectivity index (χ0n) is 8.37. The number of nitrogens with two attached hydrogens (primary N) is 1. The van der Waals surface area contributed by atoms with E-state index in [2.05, 4.69) is 26.1 Å². The smallest absolute Gasteiger partial charge is 0.0935 e. The lowest BCUT2D eigenvalue weighted by molar-refractivity contribution is 0.772. The maximum absolute atomic E-state index is 5.76. The Labute approximate surface area is 96.8 Å². The molecule has 1 heterocycles. The third kappa shape index (κ3) is 2.11. The van der Waals surface area contributed by atoms with Crippen molar-refractivity contribution < 1.29 is 0 Å². The summed E-state index contributed by atoms with van der Waals surface area (Å²) < 4.78 is 1.03. The number of aromatic amines is 1. The topological polar surface area (TPSA) is 54.7 Å². The van der Waals surface area contributed by atoms with Crippen molar-refractivity contribution in [3.63, 3.8) is 0 Å². The van der Waals surface area contributed by atoms with E-state index in [1.165, 1.54) is 0 Å². The summed E-state index contributed by atoms with van der Waals surface area (Å²) in [6.07, 6.45) is 0. The van der Waals surface area contributed by atoms with Crippen molar-refractivity contribution in [2.24, 2.45) is 5.73 Å². The van der Waals surface area contributed by atoms with E-state index in [0.717, 1.165) is 21.4 Å². The maximum atomic E-state index is 5.76. The Balaban J connectivity index is 2.42. The molecule has 0 aliphatic carbocycles. The summed E-state index contributed by atoms with van der Waals surface area (Å²) in [6.45, 7) is 1.93. The second-order valence-corrected chi connectivity index (χ2v) is 4.33. The fourth-order valence-corrected chi connectivity index (χ4v) is 1.86. The molecule has 0 bridgehead atoms. The molecule has 2 rings (SSSR count). The lowest BCUT2D eigenvalue weighted by atomic mass is 10.1. The average Bonchev–Trinajstić information content (AvgIpc) is 2.67. The van der Waals surface area contributed by atoms with Gasteiger partial charge in [-0.2, -0.15) is 5.10 Å². The van der Waals surface area contributed by atoms with Crippen LogP contribution >= 0.6 is 15.9 Å². The minimum absolute atomic E-state index is 0.0197. The summed E-state index contributed by atoms with van der Waals surface area (Å²) in [7, 11) is 0. The first kappa shape index (κ1) is 10.4. The summed E-state index contributed by atoms with van der Waals surface area (Å²) in [6, 6.07) is 9.94. The normalized spacial score (nSPS) is 12.7. The van der Waals surface area contributed by atoms with Gasteiger partial charge in [0.05, 0.1) is 11.4 Å². The summed E-state index contributed by atoms with van der Waals surface area (Å²) in [4.78, 5) is 0. The maximum Gasteiger partial charge on any atom is 0.0935 e. The van der Waals surface area contributed by atoms with Crippen LogP contribution in [0.3, 0.4) is 0 Å². The van der Waals surface area contributed by atoms with Gasteiger partial charge >= 0.3 is 0 Å². The van der Waals surface area contributed by atoms with Crippen LogP contribution in [-0.4, -0.2) is 10.2 Å². The number of nitrogens with one attached hydrogen (secondary N) is 1. The van der Waals surface area contributed by atoms with Crippen molar-refractivity contribution in [3.05, 3.63) is 40.5 Å². The zero-order valence-corrected chi connectivity index (χ0v) is 9.95. The Bertz CT molecular complexity index is 462. The van der Waals surface area contributed by atoms with Gasteiger partial charge in [0.25, 0.3) is 0 Å². The van der Waals surface area contributed by atoms with E-state index in [1.54, 1.807) is 0 Å². The SMILES string of the molecule is C[C@H](N)c1cc(-c2ccccc2Br)n[nH]1. The summed E-state index contributed by atoms with van der Waals surface area (Å²) >= 11 is 3.49. The molecule has 0 saturated carbocycles. The molecule has 0 saturated heterocycles. The van der Waals surface area contributed by atoms with E-state index < -0.39 is 0 Å². The summed E-state index contributed by atoms with van der Waals surface area (Å²) in [5, 5.41) is 7.17. The molecule has 3 N–H and O–H groups in total. The number of rotatable bonds is 2. The minimum atomic E-state index is -0.0197. The molecule has 15 heavy (non-hydrogen) atoms. The Kier molecular flexibility index (Phi) is 2.88. The molecule has 2 aromatic rings. The molecule has 0 spiro atoms. The molecule has 0 radical (unpaired) electrons. The highest BCUT2D eigenvalue weighted by Crippen LogP contribution is 2.27. The van der Waals surface area contributed by atoms with Crippen molar-refractivity contribution in [2.45, 2.75) is 13.0 Å². The second kappa shape index (κ2) is 4.16. The Morgan fingerprint density at radius 1 is 1.40 bits per heavy atom. The molecule has 0 aliphatic heterocycles. The van der Waals surface area contributed by atoms with Crippen molar-refractivity contribution in [3.8, 4) is 11.3 Å². The van der Waals surface area contributed by atoms with Gasteiger partial charge in [0.15, 0.2) is 0 Å². The van der Waals surface area contributed by atoms with E-state index in [0.29, 0.717) is 0 Å². The van der Waals surface area contributed by atoms with Crippen molar-refractivity contribution >= 4 is 15.9 Å². The average molecular weight is 266 g/mol. The van der Waals surface area contributed by atoms with Gasteiger partial charge in [0.1, 0.15) is 0 Å². The summed E-state index contributed by atoms with van der Waals surface area (Å²) in [5.41, 5.74) is 8.69. The van der Waals surface area contributed by atoms with E-state index in [4.69, 9.17) is 5.73 Å². The highest BCUT2D eigenvalue weighted by molar-refractivity contribution is 9.10. The number of nitrogens with zero attached hydrogens (tertiary/aromatic N) is 1. The number of halogens is 1. The van der Waals surface area contributed by atoms with Gasteiger partial charge in [-0.25, -0.2) is 0 Å². The standard InChI is InChI=1S/C11H12BrN3/c1-7(13)10-6-11(15-14-10)8-4-2-3-5-9(8)12/h2-7H,13H2,1H3,(H,14,15)/t7-/m0/s1. The third-order valence-electron chi connectivity index (χ3n) is 2.24. The summed E-state index contributed by atoms with van der Waals surface area (Å²) in [5.74, 6) is 0. The van der Waals surface area contributed by atoms with E-state index in [-0.39, 0.29) is 6.04 Å². The number of aromatic nitrogens is 2. The highest BCUT2D eigenvalue weighted by atomic mass is 79.9. The van der Waals surface area contributed by atoms with Gasteiger partial charge in [0, 0.05) is 16.1 Å². The van der Waals surface area contributed by atoms with Gasteiger partial charge in [-0.3, -0.25) is 5.10 Å². The number of hydrogen-bond donors (Lipinski definition) is 2. The predicted octanol–water partition coefficient (Wildman–Crippen LogP) is 2.86. The molecule has 0 aliphatic rings. The van der Waals surface area contributed by atoms with Crippen LogP contribution in [0.5, 0.6) is 0 Å². The van der Waals surface area contributed by atoms with Gasteiger partial charge in [-0.1, -0.05) is 34.1 Å². The van der Waals surface area contributed by atoms with Gasteiger partial charge < -0.3 is 5.73 Å². The molecule has 3 nitrogen and oxygen atoms in total. The van der Waals surface area contributed by atoms with Crippen LogP contribution in [0.15, 0.2) is 34.8 Å². The van der Waals surface area contributed by atoms with E-state index in [1.807, 2.05) is 37.3 Å². The number of benzene rings is 1. The Morgan fingerprint density at radius 2 is 2.13 bits per heavy atom. The van der Waals surface area contributed by atoms with E-state index >= 15 is 0 Å². The lowest BCUT2D eigenvalue weighted by Crippen LogP contribution is -2.04. The molecule has 1 atom stereocenters. The molecule has 0 fully saturated rings. The molecule has 0 amide bonds. The van der Waals surface area contributed by atoms with Crippen LogP contribution in [0, 0.1) is 0 Å². The fraction of sp³-hybridized carbons (Fsp3) is 0.182. The van der Waals surface area contributed by atoms with Gasteiger partial charge in [-0.15, -0.1) is 0 Å². The van der Waals surface area contributed by atoms with Crippen LogP contribution in [0.1, 0.15) is 18.7 Å².